The van der Waals surface area contributed by atoms with Crippen molar-refractivity contribution in [3.63, 3.8) is 0 Å². The van der Waals surface area contributed by atoms with E-state index in [9.17, 15) is 28.8 Å². The summed E-state index contributed by atoms with van der Waals surface area (Å²) >= 11 is 0. The van der Waals surface area contributed by atoms with E-state index in [-0.39, 0.29) is 78.8 Å². The van der Waals surface area contributed by atoms with Gasteiger partial charge in [-0.1, -0.05) is 19.7 Å². The lowest BCUT2D eigenvalue weighted by molar-refractivity contribution is -0.139. The second-order valence-corrected chi connectivity index (χ2v) is 9.47. The zero-order chi connectivity index (χ0) is 34.2. The molecule has 0 saturated carbocycles. The number of ether oxygens (including phenoxy) is 6. The highest BCUT2D eigenvalue weighted by Gasteiger charge is 2.17. The van der Waals surface area contributed by atoms with Crippen LogP contribution in [0.3, 0.4) is 0 Å². The van der Waals surface area contributed by atoms with Gasteiger partial charge >= 0.3 is 36.2 Å². The molecule has 0 fully saturated rings. The first-order valence-electron chi connectivity index (χ1n) is 13.7. The molecule has 0 atom stereocenters. The van der Waals surface area contributed by atoms with E-state index in [1.54, 1.807) is 0 Å². The van der Waals surface area contributed by atoms with Gasteiger partial charge in [0.15, 0.2) is 0 Å². The van der Waals surface area contributed by atoms with Crippen molar-refractivity contribution >= 4 is 47.0 Å². The van der Waals surface area contributed by atoms with Gasteiger partial charge in [-0.3, -0.25) is 0 Å². The monoisotopic (exact) mass is 641 g/mol. The number of carbonyl (C=O) groups is 6. The average Bonchev–Trinajstić information content (AvgIpc) is 3.00. The molecule has 0 saturated heterocycles. The highest BCUT2D eigenvalue weighted by Crippen LogP contribution is 2.36. The number of rotatable bonds is 15. The molecule has 0 heterocycles. The summed E-state index contributed by atoms with van der Waals surface area (Å²) in [5.41, 5.74) is 0.622. The van der Waals surface area contributed by atoms with E-state index in [4.69, 9.17) is 28.4 Å². The summed E-state index contributed by atoms with van der Waals surface area (Å²) in [7, 11) is 0. The summed E-state index contributed by atoms with van der Waals surface area (Å²) in [5.74, 6) is -1.73. The summed E-state index contributed by atoms with van der Waals surface area (Å²) < 4.78 is 30.8. The highest BCUT2D eigenvalue weighted by atomic mass is 16.6. The Labute approximate surface area is 264 Å². The van der Waals surface area contributed by atoms with Crippen LogP contribution in [0.25, 0.3) is 10.8 Å². The molecule has 0 unspecified atom stereocenters. The Bertz CT molecular complexity index is 1530. The van der Waals surface area contributed by atoms with Gasteiger partial charge in [0.1, 0.15) is 37.1 Å². The van der Waals surface area contributed by atoms with Crippen molar-refractivity contribution < 1.29 is 57.2 Å². The zero-order valence-corrected chi connectivity index (χ0v) is 25.6. The van der Waals surface area contributed by atoms with E-state index in [1.807, 2.05) is 0 Å². The van der Waals surface area contributed by atoms with Gasteiger partial charge in [-0.05, 0) is 51.1 Å². The molecule has 46 heavy (non-hydrogen) atoms. The van der Waals surface area contributed by atoms with E-state index in [0.717, 1.165) is 0 Å². The standard InChI is InChI=1S/C31H35N3O12/c1-18(2)26(35)41-14-11-32-29(38)44-21-7-8-22-23(17-21)25(46-31(40)34-13-16-43-28(37)20(5)6)10-9-24(22)45-30(39)33-12-15-42-27(36)19(3)4/h7-10,17H,1,3,5,11-16H2,2,4,6H3,(H,32,38)(H,33,39)(H,34,40). The number of benzene rings is 2. The predicted octanol–water partition coefficient (Wildman–Crippen LogP) is 3.46. The van der Waals surface area contributed by atoms with E-state index in [2.05, 4.69) is 35.7 Å². The molecule has 2 aromatic rings. The lowest BCUT2D eigenvalue weighted by Crippen LogP contribution is -2.31. The Balaban J connectivity index is 2.16. The van der Waals surface area contributed by atoms with E-state index in [0.29, 0.717) is 5.39 Å². The average molecular weight is 642 g/mol. The lowest BCUT2D eigenvalue weighted by atomic mass is 10.1. The normalized spacial score (nSPS) is 10.1. The molecule has 2 aromatic carbocycles. The van der Waals surface area contributed by atoms with Crippen LogP contribution >= 0.6 is 0 Å². The van der Waals surface area contributed by atoms with Gasteiger partial charge in [0, 0.05) is 27.5 Å². The number of fused-ring (bicyclic) bond motifs is 1. The van der Waals surface area contributed by atoms with Crippen LogP contribution in [0.15, 0.2) is 66.8 Å². The summed E-state index contributed by atoms with van der Waals surface area (Å²) in [6.07, 6.45) is -2.62. The Kier molecular flexibility index (Phi) is 14.3. The van der Waals surface area contributed by atoms with Gasteiger partial charge in [-0.15, -0.1) is 0 Å². The largest absolute Gasteiger partial charge is 0.460 e. The summed E-state index contributed by atoms with van der Waals surface area (Å²) in [5, 5.41) is 7.80. The molecule has 3 amide bonds. The van der Waals surface area contributed by atoms with Gasteiger partial charge in [-0.2, -0.15) is 0 Å². The highest BCUT2D eigenvalue weighted by molar-refractivity contribution is 5.97. The Morgan fingerprint density at radius 3 is 1.30 bits per heavy atom. The number of nitrogens with one attached hydrogen (secondary N) is 3. The van der Waals surface area contributed by atoms with Gasteiger partial charge in [0.25, 0.3) is 0 Å². The molecule has 0 aliphatic carbocycles. The Morgan fingerprint density at radius 2 is 0.913 bits per heavy atom. The fourth-order valence-corrected chi connectivity index (χ4v) is 3.19. The van der Waals surface area contributed by atoms with Crippen molar-refractivity contribution in [3.05, 3.63) is 66.8 Å². The summed E-state index contributed by atoms with van der Waals surface area (Å²) in [6.45, 7) is 14.3. The van der Waals surface area contributed by atoms with Crippen LogP contribution < -0.4 is 30.2 Å². The van der Waals surface area contributed by atoms with Crippen LogP contribution in [-0.2, 0) is 28.6 Å². The maximum atomic E-state index is 12.5. The topological polar surface area (TPSA) is 194 Å². The maximum absolute atomic E-state index is 12.5. The molecule has 0 radical (unpaired) electrons. The quantitative estimate of drug-likeness (QED) is 0.111. The third-order valence-corrected chi connectivity index (χ3v) is 5.38. The molecule has 246 valence electrons. The van der Waals surface area contributed by atoms with Crippen molar-refractivity contribution in [2.24, 2.45) is 0 Å². The van der Waals surface area contributed by atoms with Gasteiger partial charge < -0.3 is 44.4 Å². The van der Waals surface area contributed by atoms with E-state index >= 15 is 0 Å². The van der Waals surface area contributed by atoms with Crippen molar-refractivity contribution in [2.75, 3.05) is 39.5 Å². The minimum Gasteiger partial charge on any atom is -0.460 e. The van der Waals surface area contributed by atoms with Gasteiger partial charge in [-0.25, -0.2) is 28.8 Å². The maximum Gasteiger partial charge on any atom is 0.412 e. The molecule has 0 aliphatic rings. The van der Waals surface area contributed by atoms with E-state index in [1.165, 1.54) is 51.1 Å². The smallest absolute Gasteiger partial charge is 0.412 e. The molecule has 0 aliphatic heterocycles. The first-order valence-corrected chi connectivity index (χ1v) is 13.7. The molecular formula is C31H35N3O12. The number of amides is 3. The van der Waals surface area contributed by atoms with Gasteiger partial charge in [0.05, 0.1) is 19.6 Å². The Hall–Kier alpha value is -5.86. The molecule has 0 aromatic heterocycles. The third-order valence-electron chi connectivity index (χ3n) is 5.38. The molecule has 3 N–H and O–H groups in total. The fourth-order valence-electron chi connectivity index (χ4n) is 3.19. The van der Waals surface area contributed by atoms with Crippen LogP contribution in [0.4, 0.5) is 14.4 Å². The minimum absolute atomic E-state index is 0.00321. The molecule has 15 heteroatoms. The van der Waals surface area contributed by atoms with Crippen LogP contribution in [0.1, 0.15) is 20.8 Å². The first kappa shape index (κ1) is 36.3. The molecule has 0 spiro atoms. The second kappa shape index (κ2) is 18.1. The number of hydrogen-bond acceptors (Lipinski definition) is 12. The van der Waals surface area contributed by atoms with Crippen molar-refractivity contribution in [2.45, 2.75) is 20.8 Å². The van der Waals surface area contributed by atoms with Crippen molar-refractivity contribution in [3.8, 4) is 17.2 Å². The SMILES string of the molecule is C=C(C)C(=O)OCCNC(=O)Oc1ccc2c(OC(=O)NCCOC(=O)C(=C)C)ccc(OC(=O)NCCOC(=O)C(=C)C)c2c1. The molecule has 15 nitrogen and oxygen atoms in total. The minimum atomic E-state index is -0.892. The second-order valence-electron chi connectivity index (χ2n) is 9.47. The Morgan fingerprint density at radius 1 is 0.543 bits per heavy atom. The zero-order valence-electron chi connectivity index (χ0n) is 25.6. The number of carbonyl (C=O) groups excluding carboxylic acids is 6. The predicted molar refractivity (Wildman–Crippen MR) is 163 cm³/mol. The van der Waals surface area contributed by atoms with Crippen LogP contribution in [-0.4, -0.2) is 75.6 Å². The third kappa shape index (κ3) is 12.4. The molecule has 2 rings (SSSR count). The summed E-state index contributed by atoms with van der Waals surface area (Å²) in [4.78, 5) is 71.6. The first-order chi connectivity index (χ1) is 21.8. The van der Waals surface area contributed by atoms with Crippen LogP contribution in [0.5, 0.6) is 17.2 Å². The lowest BCUT2D eigenvalue weighted by Gasteiger charge is -2.14. The fraction of sp³-hybridized carbons (Fsp3) is 0.290. The van der Waals surface area contributed by atoms with Crippen molar-refractivity contribution in [1.29, 1.82) is 0 Å². The molecular weight excluding hydrogens is 606 g/mol. The van der Waals surface area contributed by atoms with Crippen molar-refractivity contribution in [1.82, 2.24) is 16.0 Å². The van der Waals surface area contributed by atoms with E-state index < -0.39 is 36.2 Å². The van der Waals surface area contributed by atoms with Gasteiger partial charge in [0.2, 0.25) is 0 Å². The van der Waals surface area contributed by atoms with Crippen LogP contribution in [0.2, 0.25) is 0 Å². The van der Waals surface area contributed by atoms with Crippen LogP contribution in [0, 0.1) is 0 Å². The number of esters is 3. The number of hydrogen-bond donors (Lipinski definition) is 3. The summed E-state index contributed by atoms with van der Waals surface area (Å²) in [6, 6.07) is 6.96. The molecule has 0 bridgehead atoms.